The van der Waals surface area contributed by atoms with Crippen LogP contribution in [0.25, 0.3) is 11.0 Å². The van der Waals surface area contributed by atoms with Crippen LogP contribution in [0.2, 0.25) is 0 Å². The van der Waals surface area contributed by atoms with Crippen molar-refractivity contribution in [2.45, 2.75) is 52.0 Å². The molecule has 8 heteroatoms. The Morgan fingerprint density at radius 2 is 2.07 bits per heavy atom. The molecule has 2 aromatic heterocycles. The Hall–Kier alpha value is -0.740. The van der Waals surface area contributed by atoms with Crippen LogP contribution < -0.4 is 4.90 Å². The maximum atomic E-state index is 13.5. The van der Waals surface area contributed by atoms with E-state index in [4.69, 9.17) is 0 Å². The summed E-state index contributed by atoms with van der Waals surface area (Å²) in [7, 11) is 1.86. The Kier molecular flexibility index (Phi) is 7.36. The number of rotatable bonds is 11. The first-order valence-electron chi connectivity index (χ1n) is 10.3. The minimum absolute atomic E-state index is 0.363. The van der Waals surface area contributed by atoms with Gasteiger partial charge in [0.2, 0.25) is 0 Å². The highest BCUT2D eigenvalue weighted by molar-refractivity contribution is 14.1. The monoisotopic (exact) mass is 519 g/mol. The molecule has 3 rings (SSSR count). The molecule has 2 heterocycles. The van der Waals surface area contributed by atoms with Gasteiger partial charge in [0.15, 0.2) is 0 Å². The van der Waals surface area contributed by atoms with Gasteiger partial charge in [-0.15, -0.1) is 0 Å². The van der Waals surface area contributed by atoms with Gasteiger partial charge in [0.25, 0.3) is 0 Å². The normalized spacial score (nSPS) is 17.8. The summed E-state index contributed by atoms with van der Waals surface area (Å²) in [4.78, 5) is 14.2. The van der Waals surface area contributed by atoms with E-state index < -0.39 is 10.1 Å². The van der Waals surface area contributed by atoms with Crippen molar-refractivity contribution in [1.29, 1.82) is 0 Å². The van der Waals surface area contributed by atoms with E-state index in [1.165, 1.54) is 12.8 Å². The number of anilines is 1. The second kappa shape index (κ2) is 9.38. The van der Waals surface area contributed by atoms with Crippen LogP contribution in [-0.2, 0) is 10.1 Å². The molecule has 0 saturated heterocycles. The minimum atomic E-state index is -2.24. The standard InChI is InChI=1S/C20H34IN5OS/c1-5-16(12-28(27,26(4)21)13-17-8-9-17)7-6-15(2)25(3)20-18-10-11-22-19(18)23-14-24-20/h10-11,14-17,28H,5-9,12-13H2,1-4H3,(H,22,23,24). The fourth-order valence-corrected chi connectivity index (χ4v) is 7.93. The van der Waals surface area contributed by atoms with Gasteiger partial charge in [-0.3, -0.25) is 4.21 Å². The lowest BCUT2D eigenvalue weighted by Crippen LogP contribution is -2.37. The Balaban J connectivity index is 1.60. The largest absolute Gasteiger partial charge is 0.356 e. The summed E-state index contributed by atoms with van der Waals surface area (Å²) in [6.07, 6.45) is 9.31. The van der Waals surface area contributed by atoms with Crippen LogP contribution in [0.1, 0.15) is 46.0 Å². The van der Waals surface area contributed by atoms with Crippen molar-refractivity contribution in [1.82, 2.24) is 17.5 Å². The van der Waals surface area contributed by atoms with E-state index in [2.05, 4.69) is 63.6 Å². The van der Waals surface area contributed by atoms with Crippen LogP contribution >= 0.6 is 22.9 Å². The van der Waals surface area contributed by atoms with Gasteiger partial charge in [-0.25, -0.2) is 9.97 Å². The lowest BCUT2D eigenvalue weighted by atomic mass is 9.99. The van der Waals surface area contributed by atoms with Crippen molar-refractivity contribution < 1.29 is 4.21 Å². The van der Waals surface area contributed by atoms with Crippen molar-refractivity contribution in [3.05, 3.63) is 18.6 Å². The first-order valence-corrected chi connectivity index (χ1v) is 13.3. The van der Waals surface area contributed by atoms with Gasteiger partial charge < -0.3 is 9.88 Å². The number of nitrogens with zero attached hydrogens (tertiary/aromatic N) is 4. The summed E-state index contributed by atoms with van der Waals surface area (Å²) in [6.45, 7) is 4.49. The van der Waals surface area contributed by atoms with Crippen molar-refractivity contribution in [3.8, 4) is 0 Å². The molecule has 1 saturated carbocycles. The number of hydrogen-bond donors (Lipinski definition) is 2. The lowest BCUT2D eigenvalue weighted by molar-refractivity contribution is 0.459. The molecule has 1 aliphatic rings. The maximum Gasteiger partial charge on any atom is 0.142 e. The number of hydrogen-bond acceptors (Lipinski definition) is 4. The van der Waals surface area contributed by atoms with Crippen molar-refractivity contribution in [2.24, 2.45) is 11.8 Å². The van der Waals surface area contributed by atoms with E-state index in [-0.39, 0.29) is 0 Å². The molecular weight excluding hydrogens is 485 g/mol. The number of halogens is 1. The molecule has 0 aromatic carbocycles. The van der Waals surface area contributed by atoms with E-state index in [9.17, 15) is 4.21 Å². The highest BCUT2D eigenvalue weighted by atomic mass is 127. The molecule has 1 N–H and O–H groups in total. The summed E-state index contributed by atoms with van der Waals surface area (Å²) in [6, 6.07) is 2.40. The molecule has 2 unspecified atom stereocenters. The van der Waals surface area contributed by atoms with E-state index in [1.54, 1.807) is 6.33 Å². The number of aromatic amines is 1. The van der Waals surface area contributed by atoms with Crippen LogP contribution in [-0.4, -0.2) is 53.3 Å². The van der Waals surface area contributed by atoms with Crippen LogP contribution in [0.15, 0.2) is 18.6 Å². The molecule has 6 nitrogen and oxygen atoms in total. The molecule has 1 fully saturated rings. The molecule has 1 aliphatic carbocycles. The van der Waals surface area contributed by atoms with Crippen molar-refractivity contribution in [2.75, 3.05) is 30.5 Å². The fourth-order valence-electron chi connectivity index (χ4n) is 3.85. The summed E-state index contributed by atoms with van der Waals surface area (Å²) in [5.74, 6) is 3.94. The van der Waals surface area contributed by atoms with Crippen LogP contribution in [0.5, 0.6) is 0 Å². The van der Waals surface area contributed by atoms with Gasteiger partial charge in [-0.2, -0.15) is 2.52 Å². The number of aromatic nitrogens is 3. The van der Waals surface area contributed by atoms with Crippen LogP contribution in [0.4, 0.5) is 5.82 Å². The number of fused-ring (bicyclic) bond motifs is 1. The zero-order valence-electron chi connectivity index (χ0n) is 17.4. The van der Waals surface area contributed by atoms with Crippen LogP contribution in [0, 0.1) is 11.8 Å². The van der Waals surface area contributed by atoms with E-state index in [1.807, 2.05) is 21.8 Å². The van der Waals surface area contributed by atoms with E-state index >= 15 is 0 Å². The average molecular weight is 519 g/mol. The summed E-state index contributed by atoms with van der Waals surface area (Å²) in [5.41, 5.74) is 0.876. The second-order valence-electron chi connectivity index (χ2n) is 8.35. The molecule has 2 atom stereocenters. The van der Waals surface area contributed by atoms with Gasteiger partial charge in [0.05, 0.1) is 5.39 Å². The zero-order valence-corrected chi connectivity index (χ0v) is 20.5. The molecule has 2 aromatic rings. The Labute approximate surface area is 183 Å². The molecule has 0 amide bonds. The van der Waals surface area contributed by atoms with Crippen molar-refractivity contribution >= 4 is 49.8 Å². The number of H-pyrrole nitrogens is 1. The Morgan fingerprint density at radius 1 is 1.32 bits per heavy atom. The van der Waals surface area contributed by atoms with Crippen molar-refractivity contribution in [3.63, 3.8) is 0 Å². The van der Waals surface area contributed by atoms with Gasteiger partial charge >= 0.3 is 0 Å². The average Bonchev–Trinajstić information content (AvgIpc) is 3.34. The topological polar surface area (TPSA) is 65.1 Å². The fraction of sp³-hybridized carbons (Fsp3) is 0.700. The highest BCUT2D eigenvalue weighted by Crippen LogP contribution is 2.36. The SMILES string of the molecule is CCC(CCC(C)N(C)c1ncnc2[nH]ccc12)C[SH](=O)(CC1CC1)N(C)I. The summed E-state index contributed by atoms with van der Waals surface area (Å²) in [5, 5.41) is 1.06. The summed E-state index contributed by atoms with van der Waals surface area (Å²) >= 11 is 2.24. The predicted molar refractivity (Wildman–Crippen MR) is 129 cm³/mol. The Morgan fingerprint density at radius 3 is 2.71 bits per heavy atom. The Bertz CT molecular complexity index is 822. The molecule has 0 radical (unpaired) electrons. The van der Waals surface area contributed by atoms with E-state index in [0.717, 1.165) is 47.6 Å². The minimum Gasteiger partial charge on any atom is -0.356 e. The smallest absolute Gasteiger partial charge is 0.142 e. The van der Waals surface area contributed by atoms with Gasteiger partial charge in [-0.1, -0.05) is 13.3 Å². The molecule has 0 spiro atoms. The molecule has 28 heavy (non-hydrogen) atoms. The van der Waals surface area contributed by atoms with E-state index in [0.29, 0.717) is 17.9 Å². The first kappa shape index (κ1) is 22.0. The maximum absolute atomic E-state index is 13.5. The van der Waals surface area contributed by atoms with Crippen LogP contribution in [0.3, 0.4) is 0 Å². The third-order valence-electron chi connectivity index (χ3n) is 6.18. The van der Waals surface area contributed by atoms with Gasteiger partial charge in [0.1, 0.15) is 17.8 Å². The number of thiol groups is 1. The third kappa shape index (κ3) is 5.24. The quantitative estimate of drug-likeness (QED) is 0.265. The predicted octanol–water partition coefficient (Wildman–Crippen LogP) is 4.21. The molecular formula is C20H34IN5OS. The molecule has 0 bridgehead atoms. The van der Waals surface area contributed by atoms with Gasteiger partial charge in [-0.05, 0) is 60.6 Å². The zero-order chi connectivity index (χ0) is 20.3. The lowest BCUT2D eigenvalue weighted by Gasteiger charge is -2.33. The third-order valence-corrected chi connectivity index (χ3v) is 11.7. The highest BCUT2D eigenvalue weighted by Gasteiger charge is 2.32. The second-order valence-corrected chi connectivity index (χ2v) is 13.6. The van der Waals surface area contributed by atoms with Gasteiger partial charge in [0, 0.05) is 60.7 Å². The first-order chi connectivity index (χ1) is 13.3. The molecule has 158 valence electrons. The summed E-state index contributed by atoms with van der Waals surface area (Å²) < 4.78 is 15.5. The molecule has 0 aliphatic heterocycles. The number of nitrogens with one attached hydrogen (secondary N) is 1.